The van der Waals surface area contributed by atoms with Gasteiger partial charge >= 0.3 is 0 Å². The van der Waals surface area contributed by atoms with Crippen molar-refractivity contribution in [3.8, 4) is 5.75 Å². The molecule has 0 radical (unpaired) electrons. The fraction of sp³-hybridized carbons (Fsp3) is 0.353. The van der Waals surface area contributed by atoms with Crippen molar-refractivity contribution in [3.63, 3.8) is 0 Å². The van der Waals surface area contributed by atoms with Gasteiger partial charge < -0.3 is 10.1 Å². The lowest BCUT2D eigenvalue weighted by molar-refractivity contribution is 0.378. The van der Waals surface area contributed by atoms with Crippen molar-refractivity contribution in [2.24, 2.45) is 0 Å². The second-order valence-corrected chi connectivity index (χ2v) is 4.93. The first-order chi connectivity index (χ1) is 10.2. The molecule has 1 aromatic heterocycles. The smallest absolute Gasteiger partial charge is 0.131 e. The first-order valence-electron chi connectivity index (χ1n) is 7.15. The molecule has 0 saturated carbocycles. The van der Waals surface area contributed by atoms with Gasteiger partial charge in [0.15, 0.2) is 0 Å². The molecule has 0 bridgehead atoms. The Bertz CT molecular complexity index is 574. The maximum absolute atomic E-state index is 14.3. The fourth-order valence-corrected chi connectivity index (χ4v) is 2.56. The molecular weight excluding hydrogens is 267 g/mol. The molecule has 0 amide bonds. The molecule has 0 fully saturated rings. The summed E-state index contributed by atoms with van der Waals surface area (Å²) in [7, 11) is 1.56. The van der Waals surface area contributed by atoms with Crippen molar-refractivity contribution in [2.75, 3.05) is 13.7 Å². The van der Waals surface area contributed by atoms with Gasteiger partial charge in [0.05, 0.1) is 7.11 Å². The fourth-order valence-electron chi connectivity index (χ4n) is 2.56. The second kappa shape index (κ2) is 7.18. The van der Waals surface area contributed by atoms with Crippen LogP contribution >= 0.6 is 0 Å². The van der Waals surface area contributed by atoms with Gasteiger partial charge in [-0.1, -0.05) is 26.0 Å². The molecule has 0 spiro atoms. The Morgan fingerprint density at radius 2 is 2.05 bits per heavy atom. The van der Waals surface area contributed by atoms with Gasteiger partial charge in [-0.25, -0.2) is 4.39 Å². The number of benzene rings is 1. The van der Waals surface area contributed by atoms with Crippen LogP contribution in [0, 0.1) is 5.82 Å². The van der Waals surface area contributed by atoms with Gasteiger partial charge in [-0.05, 0) is 30.8 Å². The van der Waals surface area contributed by atoms with Crippen LogP contribution in [0.15, 0.2) is 42.6 Å². The van der Waals surface area contributed by atoms with E-state index in [9.17, 15) is 4.39 Å². The highest BCUT2D eigenvalue weighted by Gasteiger charge is 2.26. The van der Waals surface area contributed by atoms with Gasteiger partial charge in [-0.3, -0.25) is 4.98 Å². The normalized spacial score (nSPS) is 13.7. The number of hydrogen-bond donors (Lipinski definition) is 1. The van der Waals surface area contributed by atoms with Crippen LogP contribution in [0.2, 0.25) is 0 Å². The van der Waals surface area contributed by atoms with Gasteiger partial charge in [0.25, 0.3) is 0 Å². The minimum atomic E-state index is -0.261. The van der Waals surface area contributed by atoms with Crippen LogP contribution in [-0.4, -0.2) is 18.6 Å². The van der Waals surface area contributed by atoms with Gasteiger partial charge in [-0.2, -0.15) is 0 Å². The van der Waals surface area contributed by atoms with E-state index in [0.717, 1.165) is 12.2 Å². The summed E-state index contributed by atoms with van der Waals surface area (Å²) in [6.45, 7) is 4.78. The number of nitrogens with zero attached hydrogens (tertiary/aromatic N) is 1. The number of likely N-dealkylation sites (N-methyl/N-ethyl adjacent to an activating group) is 1. The molecule has 0 aliphatic carbocycles. The van der Waals surface area contributed by atoms with Crippen molar-refractivity contribution in [1.29, 1.82) is 0 Å². The quantitative estimate of drug-likeness (QED) is 0.880. The summed E-state index contributed by atoms with van der Waals surface area (Å²) in [4.78, 5) is 4.39. The lowest BCUT2D eigenvalue weighted by atomic mass is 9.90. The third-order valence-corrected chi connectivity index (χ3v) is 3.62. The third kappa shape index (κ3) is 3.39. The topological polar surface area (TPSA) is 34.1 Å². The van der Waals surface area contributed by atoms with Crippen LogP contribution in [0.4, 0.5) is 4.39 Å². The zero-order valence-electron chi connectivity index (χ0n) is 12.6. The van der Waals surface area contributed by atoms with Crippen molar-refractivity contribution in [1.82, 2.24) is 10.3 Å². The Labute approximate surface area is 125 Å². The van der Waals surface area contributed by atoms with E-state index in [1.165, 1.54) is 6.07 Å². The van der Waals surface area contributed by atoms with E-state index in [1.54, 1.807) is 25.4 Å². The monoisotopic (exact) mass is 288 g/mol. The minimum Gasteiger partial charge on any atom is -0.496 e. The molecular formula is C17H21FN2O. The molecule has 0 saturated heterocycles. The molecule has 21 heavy (non-hydrogen) atoms. The molecule has 2 atom stereocenters. The highest BCUT2D eigenvalue weighted by Crippen LogP contribution is 2.36. The number of halogens is 1. The Morgan fingerprint density at radius 1 is 1.24 bits per heavy atom. The molecule has 4 heteroatoms. The standard InChI is InChI=1S/C17H21FN2O/c1-4-19-17(12(2)14-9-5-6-11-20-14)16-13(18)8-7-10-15(16)21-3/h5-12,17,19H,4H2,1-3H3. The molecule has 3 nitrogen and oxygen atoms in total. The number of methoxy groups -OCH3 is 1. The Balaban J connectivity index is 2.44. The molecule has 1 N–H and O–H groups in total. The molecule has 2 unspecified atom stereocenters. The average Bonchev–Trinajstić information content (AvgIpc) is 2.53. The second-order valence-electron chi connectivity index (χ2n) is 4.93. The van der Waals surface area contributed by atoms with Crippen LogP contribution in [0.1, 0.15) is 37.1 Å². The SMILES string of the molecule is CCNC(c1c(F)cccc1OC)C(C)c1ccccn1. The van der Waals surface area contributed by atoms with Crippen LogP contribution in [0.25, 0.3) is 0 Å². The van der Waals surface area contributed by atoms with Gasteiger partial charge in [0, 0.05) is 29.4 Å². The molecule has 0 aliphatic rings. The average molecular weight is 288 g/mol. The van der Waals surface area contributed by atoms with Crippen molar-refractivity contribution >= 4 is 0 Å². The van der Waals surface area contributed by atoms with Gasteiger partial charge in [0.2, 0.25) is 0 Å². The highest BCUT2D eigenvalue weighted by molar-refractivity contribution is 5.39. The molecule has 1 heterocycles. The van der Waals surface area contributed by atoms with Crippen LogP contribution < -0.4 is 10.1 Å². The molecule has 0 aliphatic heterocycles. The zero-order chi connectivity index (χ0) is 15.2. The number of aromatic nitrogens is 1. The summed E-state index contributed by atoms with van der Waals surface area (Å²) in [6, 6.07) is 10.5. The summed E-state index contributed by atoms with van der Waals surface area (Å²) in [5.41, 5.74) is 1.48. The van der Waals surface area contributed by atoms with E-state index >= 15 is 0 Å². The maximum atomic E-state index is 14.3. The van der Waals surface area contributed by atoms with Crippen molar-refractivity contribution in [2.45, 2.75) is 25.8 Å². The summed E-state index contributed by atoms with van der Waals surface area (Å²) < 4.78 is 19.7. The van der Waals surface area contributed by atoms with E-state index in [-0.39, 0.29) is 17.8 Å². The first-order valence-corrected chi connectivity index (χ1v) is 7.15. The number of ether oxygens (including phenoxy) is 1. The van der Waals surface area contributed by atoms with Crippen LogP contribution in [0.3, 0.4) is 0 Å². The number of hydrogen-bond acceptors (Lipinski definition) is 3. The Kier molecular flexibility index (Phi) is 5.28. The van der Waals surface area contributed by atoms with Crippen molar-refractivity contribution < 1.29 is 9.13 Å². The first kappa shape index (κ1) is 15.4. The van der Waals surface area contributed by atoms with Crippen LogP contribution in [0.5, 0.6) is 5.75 Å². The lowest BCUT2D eigenvalue weighted by Crippen LogP contribution is -2.27. The summed E-state index contributed by atoms with van der Waals surface area (Å²) >= 11 is 0. The molecule has 2 rings (SSSR count). The van der Waals surface area contributed by atoms with Gasteiger partial charge in [-0.15, -0.1) is 0 Å². The largest absolute Gasteiger partial charge is 0.496 e. The molecule has 112 valence electrons. The number of nitrogens with one attached hydrogen (secondary N) is 1. The van der Waals surface area contributed by atoms with E-state index in [0.29, 0.717) is 11.3 Å². The van der Waals surface area contributed by atoms with E-state index in [2.05, 4.69) is 10.3 Å². The third-order valence-electron chi connectivity index (χ3n) is 3.62. The van der Waals surface area contributed by atoms with E-state index in [1.807, 2.05) is 32.0 Å². The summed E-state index contributed by atoms with van der Waals surface area (Å²) in [6.07, 6.45) is 1.76. The predicted octanol–water partition coefficient (Wildman–Crippen LogP) is 3.68. The minimum absolute atomic E-state index is 0.0250. The summed E-state index contributed by atoms with van der Waals surface area (Å²) in [5.74, 6) is 0.323. The van der Waals surface area contributed by atoms with Crippen LogP contribution in [-0.2, 0) is 0 Å². The summed E-state index contributed by atoms with van der Waals surface area (Å²) in [5, 5.41) is 3.35. The Morgan fingerprint density at radius 3 is 2.67 bits per heavy atom. The highest BCUT2D eigenvalue weighted by atomic mass is 19.1. The zero-order valence-corrected chi connectivity index (χ0v) is 12.6. The maximum Gasteiger partial charge on any atom is 0.131 e. The molecule has 1 aromatic carbocycles. The Hall–Kier alpha value is -1.94. The van der Waals surface area contributed by atoms with E-state index < -0.39 is 0 Å². The number of pyridine rings is 1. The predicted molar refractivity (Wildman–Crippen MR) is 82.0 cm³/mol. The van der Waals surface area contributed by atoms with Gasteiger partial charge in [0.1, 0.15) is 11.6 Å². The van der Waals surface area contributed by atoms with Crippen molar-refractivity contribution in [3.05, 3.63) is 59.7 Å². The van der Waals surface area contributed by atoms with E-state index in [4.69, 9.17) is 4.74 Å². The molecule has 2 aromatic rings. The lowest BCUT2D eigenvalue weighted by Gasteiger charge is -2.26. The number of rotatable bonds is 6.